The highest BCUT2D eigenvalue weighted by atomic mass is 35.5. The van der Waals surface area contributed by atoms with Crippen molar-refractivity contribution >= 4 is 40.9 Å². The topological polar surface area (TPSA) is 44.7 Å². The van der Waals surface area contributed by atoms with E-state index < -0.39 is 0 Å². The summed E-state index contributed by atoms with van der Waals surface area (Å²) >= 11 is 7.45. The zero-order valence-electron chi connectivity index (χ0n) is 15.5. The summed E-state index contributed by atoms with van der Waals surface area (Å²) in [7, 11) is 0. The smallest absolute Gasteiger partial charge is 0.245 e. The molecule has 6 heteroatoms. The molecule has 4 nitrogen and oxygen atoms in total. The number of carbonyl (C=O) groups is 1. The van der Waals surface area contributed by atoms with Crippen LogP contribution >= 0.6 is 23.5 Å². The van der Waals surface area contributed by atoms with Gasteiger partial charge in [0.05, 0.1) is 10.6 Å². The van der Waals surface area contributed by atoms with Gasteiger partial charge in [-0.25, -0.2) is 4.41 Å². The van der Waals surface area contributed by atoms with Gasteiger partial charge >= 0.3 is 0 Å². The minimum absolute atomic E-state index is 0.159. The Morgan fingerprint density at radius 2 is 1.62 bits per heavy atom. The zero-order chi connectivity index (χ0) is 20.1. The van der Waals surface area contributed by atoms with Gasteiger partial charge in [-0.1, -0.05) is 72.3 Å². The van der Waals surface area contributed by atoms with Crippen LogP contribution in [0.15, 0.2) is 101 Å². The molecule has 144 valence electrons. The van der Waals surface area contributed by atoms with Gasteiger partial charge in [0, 0.05) is 35.2 Å². The lowest BCUT2D eigenvalue weighted by Crippen LogP contribution is -2.21. The lowest BCUT2D eigenvalue weighted by molar-refractivity contribution is -0.116. The van der Waals surface area contributed by atoms with Gasteiger partial charge in [0.2, 0.25) is 5.91 Å². The summed E-state index contributed by atoms with van der Waals surface area (Å²) in [6.07, 6.45) is 1.60. The first-order valence-electron chi connectivity index (χ1n) is 9.10. The van der Waals surface area contributed by atoms with Gasteiger partial charge in [0.1, 0.15) is 5.71 Å². The number of hydrogen-bond donors (Lipinski definition) is 1. The molecule has 1 aliphatic rings. The summed E-state index contributed by atoms with van der Waals surface area (Å²) in [5.41, 5.74) is 3.64. The molecular formula is C23H18ClN3OS. The third kappa shape index (κ3) is 4.88. The first-order chi connectivity index (χ1) is 14.2. The van der Waals surface area contributed by atoms with Gasteiger partial charge in [-0.15, -0.1) is 0 Å². The fourth-order valence-corrected chi connectivity index (χ4v) is 3.89. The van der Waals surface area contributed by atoms with E-state index in [1.807, 2.05) is 89.3 Å². The van der Waals surface area contributed by atoms with E-state index in [9.17, 15) is 4.79 Å². The normalized spacial score (nSPS) is 14.7. The first-order valence-corrected chi connectivity index (χ1v) is 10.3. The van der Waals surface area contributed by atoms with Crippen LogP contribution in [0.4, 0.5) is 5.69 Å². The van der Waals surface area contributed by atoms with E-state index in [4.69, 9.17) is 16.7 Å². The molecule has 1 aliphatic heterocycles. The number of allylic oxidation sites excluding steroid dienone is 1. The number of hydrazone groups is 1. The van der Waals surface area contributed by atoms with Crippen molar-refractivity contribution < 1.29 is 4.79 Å². The highest BCUT2D eigenvalue weighted by Gasteiger charge is 2.25. The Kier molecular flexibility index (Phi) is 5.98. The lowest BCUT2D eigenvalue weighted by atomic mass is 10.1. The number of carbonyl (C=O) groups excluding carboxylic acids is 1. The summed E-state index contributed by atoms with van der Waals surface area (Å²) in [5.74, 6) is -0.159. The number of amides is 1. The van der Waals surface area contributed by atoms with Crippen molar-refractivity contribution in [2.45, 2.75) is 6.54 Å². The van der Waals surface area contributed by atoms with Gasteiger partial charge < -0.3 is 5.32 Å². The van der Waals surface area contributed by atoms with E-state index in [-0.39, 0.29) is 5.91 Å². The summed E-state index contributed by atoms with van der Waals surface area (Å²) in [6, 6.07) is 27.1. The van der Waals surface area contributed by atoms with E-state index in [0.717, 1.165) is 27.4 Å². The lowest BCUT2D eigenvalue weighted by Gasteiger charge is -2.10. The van der Waals surface area contributed by atoms with Crippen LogP contribution in [0.25, 0.3) is 0 Å². The molecule has 0 bridgehead atoms. The number of benzene rings is 3. The molecule has 1 heterocycles. The van der Waals surface area contributed by atoms with E-state index in [0.29, 0.717) is 11.6 Å². The van der Waals surface area contributed by atoms with E-state index >= 15 is 0 Å². The van der Waals surface area contributed by atoms with E-state index in [1.165, 1.54) is 11.9 Å². The molecular weight excluding hydrogens is 402 g/mol. The predicted molar refractivity (Wildman–Crippen MR) is 121 cm³/mol. The summed E-state index contributed by atoms with van der Waals surface area (Å²) in [4.78, 5) is 13.3. The molecule has 0 unspecified atom stereocenters. The second-order valence-electron chi connectivity index (χ2n) is 6.37. The standard InChI is InChI=1S/C23H18ClN3OS/c24-19-13-11-18(12-14-19)23-21(29-27(26-23)20-9-5-2-6-10-20)15-22(28)25-16-17-7-3-1-4-8-17/h1-15H,16H2,(H,25,28)/b21-15-. The molecule has 29 heavy (non-hydrogen) atoms. The molecule has 0 aromatic heterocycles. The highest BCUT2D eigenvalue weighted by Crippen LogP contribution is 2.37. The first kappa shape index (κ1) is 19.3. The molecule has 3 aromatic rings. The third-order valence-electron chi connectivity index (χ3n) is 4.28. The average Bonchev–Trinajstić information content (AvgIpc) is 3.18. The van der Waals surface area contributed by atoms with Crippen LogP contribution in [0.5, 0.6) is 0 Å². The number of halogens is 1. The highest BCUT2D eigenvalue weighted by molar-refractivity contribution is 8.05. The Bertz CT molecular complexity index is 1050. The van der Waals surface area contributed by atoms with Crippen molar-refractivity contribution in [3.05, 3.63) is 112 Å². The minimum atomic E-state index is -0.159. The molecule has 1 N–H and O–H groups in total. The molecule has 4 rings (SSSR count). The number of para-hydroxylation sites is 1. The molecule has 0 saturated carbocycles. The second kappa shape index (κ2) is 8.99. The Hall–Kier alpha value is -3.02. The van der Waals surface area contributed by atoms with Crippen LogP contribution in [0, 0.1) is 0 Å². The van der Waals surface area contributed by atoms with Crippen molar-refractivity contribution in [3.8, 4) is 0 Å². The monoisotopic (exact) mass is 419 g/mol. The summed E-state index contributed by atoms with van der Waals surface area (Å²) in [5, 5.41) is 8.33. The molecule has 0 aliphatic carbocycles. The third-order valence-corrected chi connectivity index (χ3v) is 5.50. The Labute approximate surface area is 179 Å². The quantitative estimate of drug-likeness (QED) is 0.444. The van der Waals surface area contributed by atoms with Crippen molar-refractivity contribution in [2.75, 3.05) is 4.41 Å². The molecule has 0 radical (unpaired) electrons. The van der Waals surface area contributed by atoms with Crippen LogP contribution in [0.3, 0.4) is 0 Å². The van der Waals surface area contributed by atoms with Crippen molar-refractivity contribution in [3.63, 3.8) is 0 Å². The maximum atomic E-state index is 12.6. The predicted octanol–water partition coefficient (Wildman–Crippen LogP) is 5.41. The number of hydrogen-bond acceptors (Lipinski definition) is 4. The molecule has 0 saturated heterocycles. The van der Waals surface area contributed by atoms with Gasteiger partial charge in [-0.05, 0) is 29.8 Å². The van der Waals surface area contributed by atoms with Gasteiger partial charge in [0.15, 0.2) is 0 Å². The number of anilines is 1. The van der Waals surface area contributed by atoms with Crippen LogP contribution in [-0.2, 0) is 11.3 Å². The summed E-state index contributed by atoms with van der Waals surface area (Å²) < 4.78 is 1.82. The molecule has 0 fully saturated rings. The average molecular weight is 420 g/mol. The molecule has 0 spiro atoms. The van der Waals surface area contributed by atoms with Gasteiger partial charge in [-0.3, -0.25) is 4.79 Å². The Morgan fingerprint density at radius 1 is 0.966 bits per heavy atom. The van der Waals surface area contributed by atoms with Crippen LogP contribution < -0.4 is 9.73 Å². The largest absolute Gasteiger partial charge is 0.348 e. The van der Waals surface area contributed by atoms with Gasteiger partial charge in [0.25, 0.3) is 0 Å². The number of nitrogens with zero attached hydrogens (tertiary/aromatic N) is 2. The fourth-order valence-electron chi connectivity index (χ4n) is 2.82. The SMILES string of the molecule is O=C(/C=C1\SN(c2ccccc2)N=C1c1ccc(Cl)cc1)NCc1ccccc1. The zero-order valence-corrected chi connectivity index (χ0v) is 17.0. The Balaban J connectivity index is 1.58. The number of nitrogens with one attached hydrogen (secondary N) is 1. The molecule has 3 aromatic carbocycles. The minimum Gasteiger partial charge on any atom is -0.348 e. The van der Waals surface area contributed by atoms with Crippen molar-refractivity contribution in [1.29, 1.82) is 0 Å². The van der Waals surface area contributed by atoms with Gasteiger partial charge in [-0.2, -0.15) is 5.10 Å². The van der Waals surface area contributed by atoms with Crippen LogP contribution in [-0.4, -0.2) is 11.6 Å². The maximum Gasteiger partial charge on any atom is 0.245 e. The van der Waals surface area contributed by atoms with E-state index in [1.54, 1.807) is 6.08 Å². The maximum absolute atomic E-state index is 12.6. The van der Waals surface area contributed by atoms with E-state index in [2.05, 4.69) is 5.32 Å². The van der Waals surface area contributed by atoms with Crippen molar-refractivity contribution in [1.82, 2.24) is 5.32 Å². The number of rotatable bonds is 5. The summed E-state index contributed by atoms with van der Waals surface area (Å²) in [6.45, 7) is 0.476. The fraction of sp³-hybridized carbons (Fsp3) is 0.0435. The Morgan fingerprint density at radius 3 is 2.31 bits per heavy atom. The molecule has 1 amide bonds. The molecule has 0 atom stereocenters. The van der Waals surface area contributed by atoms with Crippen LogP contribution in [0.2, 0.25) is 5.02 Å². The van der Waals surface area contributed by atoms with Crippen molar-refractivity contribution in [2.24, 2.45) is 5.10 Å². The second-order valence-corrected chi connectivity index (χ2v) is 7.77. The van der Waals surface area contributed by atoms with Crippen LogP contribution in [0.1, 0.15) is 11.1 Å².